The van der Waals surface area contributed by atoms with Crippen LogP contribution in [-0.4, -0.2) is 29.6 Å². The summed E-state index contributed by atoms with van der Waals surface area (Å²) in [6, 6.07) is 5.51. The van der Waals surface area contributed by atoms with Crippen molar-refractivity contribution < 1.29 is 13.5 Å². The standard InChI is InChI=1S/C19H24F2N2OS/c1-12-6-7-16(24-19(20)21)15(9-12)18-22-10-17(25-18)14(3)23-8-4-5-13(2)11-23/h6-7,9-10,13-14,19H,4-5,8,11H2,1-3H3. The van der Waals surface area contributed by atoms with Crippen LogP contribution in [0.2, 0.25) is 0 Å². The van der Waals surface area contributed by atoms with Crippen LogP contribution in [0.4, 0.5) is 8.78 Å². The molecule has 0 N–H and O–H groups in total. The molecule has 1 saturated heterocycles. The van der Waals surface area contributed by atoms with E-state index in [0.717, 1.165) is 28.5 Å². The van der Waals surface area contributed by atoms with Crippen LogP contribution in [0.15, 0.2) is 24.4 Å². The highest BCUT2D eigenvalue weighted by molar-refractivity contribution is 7.15. The van der Waals surface area contributed by atoms with Crippen LogP contribution >= 0.6 is 11.3 Å². The van der Waals surface area contributed by atoms with Crippen molar-refractivity contribution in [1.29, 1.82) is 0 Å². The fraction of sp³-hybridized carbons (Fsp3) is 0.526. The van der Waals surface area contributed by atoms with Crippen LogP contribution < -0.4 is 4.74 Å². The smallest absolute Gasteiger partial charge is 0.387 e. The lowest BCUT2D eigenvalue weighted by Gasteiger charge is -2.34. The van der Waals surface area contributed by atoms with E-state index < -0.39 is 6.61 Å². The Balaban J connectivity index is 1.85. The van der Waals surface area contributed by atoms with Crippen molar-refractivity contribution in [2.45, 2.75) is 46.3 Å². The van der Waals surface area contributed by atoms with Crippen molar-refractivity contribution >= 4 is 11.3 Å². The Morgan fingerprint density at radius 3 is 2.88 bits per heavy atom. The first-order valence-electron chi connectivity index (χ1n) is 8.69. The number of halogens is 2. The Labute approximate surface area is 151 Å². The Kier molecular flexibility index (Phi) is 5.69. The van der Waals surface area contributed by atoms with E-state index in [9.17, 15) is 8.78 Å². The third-order valence-electron chi connectivity index (χ3n) is 4.75. The van der Waals surface area contributed by atoms with Crippen molar-refractivity contribution in [3.05, 3.63) is 34.8 Å². The van der Waals surface area contributed by atoms with Crippen LogP contribution in [0.3, 0.4) is 0 Å². The number of likely N-dealkylation sites (tertiary alicyclic amines) is 1. The Bertz CT molecular complexity index is 719. The molecule has 0 aliphatic carbocycles. The zero-order chi connectivity index (χ0) is 18.0. The second-order valence-corrected chi connectivity index (χ2v) is 7.93. The molecule has 0 spiro atoms. The van der Waals surface area contributed by atoms with E-state index in [1.54, 1.807) is 23.5 Å². The molecule has 1 aliphatic heterocycles. The van der Waals surface area contributed by atoms with Crippen LogP contribution in [0.25, 0.3) is 10.6 Å². The van der Waals surface area contributed by atoms with E-state index in [1.165, 1.54) is 12.8 Å². The molecule has 3 rings (SSSR count). The minimum Gasteiger partial charge on any atom is -0.434 e. The topological polar surface area (TPSA) is 25.4 Å². The van der Waals surface area contributed by atoms with Crippen molar-refractivity contribution in [1.82, 2.24) is 9.88 Å². The fourth-order valence-corrected chi connectivity index (χ4v) is 4.39. The van der Waals surface area contributed by atoms with Gasteiger partial charge in [-0.25, -0.2) is 4.98 Å². The minimum atomic E-state index is -2.84. The highest BCUT2D eigenvalue weighted by Crippen LogP contribution is 2.38. The molecule has 136 valence electrons. The number of thiazole rings is 1. The van der Waals surface area contributed by atoms with Gasteiger partial charge >= 0.3 is 6.61 Å². The van der Waals surface area contributed by atoms with Crippen LogP contribution in [-0.2, 0) is 0 Å². The number of nitrogens with zero attached hydrogens (tertiary/aromatic N) is 2. The summed E-state index contributed by atoms with van der Waals surface area (Å²) >= 11 is 1.56. The van der Waals surface area contributed by atoms with Crippen molar-refractivity contribution in [2.24, 2.45) is 5.92 Å². The quantitative estimate of drug-likeness (QED) is 0.697. The molecule has 1 aromatic carbocycles. The van der Waals surface area contributed by atoms with E-state index in [4.69, 9.17) is 0 Å². The molecule has 1 aromatic heterocycles. The lowest BCUT2D eigenvalue weighted by atomic mass is 9.99. The average molecular weight is 366 g/mol. The summed E-state index contributed by atoms with van der Waals surface area (Å²) in [5.41, 5.74) is 1.63. The van der Waals surface area contributed by atoms with Crippen LogP contribution in [0, 0.1) is 12.8 Å². The molecule has 0 bridgehead atoms. The monoisotopic (exact) mass is 366 g/mol. The number of hydrogen-bond acceptors (Lipinski definition) is 4. The normalized spacial score (nSPS) is 20.0. The number of piperidine rings is 1. The van der Waals surface area contributed by atoms with Gasteiger partial charge < -0.3 is 4.74 Å². The predicted molar refractivity (Wildman–Crippen MR) is 97.3 cm³/mol. The maximum atomic E-state index is 12.7. The van der Waals surface area contributed by atoms with Crippen LogP contribution in [0.5, 0.6) is 5.75 Å². The summed E-state index contributed by atoms with van der Waals surface area (Å²) in [5.74, 6) is 0.896. The summed E-state index contributed by atoms with van der Waals surface area (Å²) in [6.45, 7) is 5.78. The Hall–Kier alpha value is -1.53. The molecule has 0 amide bonds. The molecule has 3 nitrogen and oxygen atoms in total. The van der Waals surface area contributed by atoms with Gasteiger partial charge in [0.25, 0.3) is 0 Å². The van der Waals surface area contributed by atoms with Crippen molar-refractivity contribution in [2.75, 3.05) is 13.1 Å². The number of aryl methyl sites for hydroxylation is 1. The number of benzene rings is 1. The fourth-order valence-electron chi connectivity index (χ4n) is 3.37. The van der Waals surface area contributed by atoms with Gasteiger partial charge in [-0.2, -0.15) is 8.78 Å². The SMILES string of the molecule is Cc1ccc(OC(F)F)c(-c2ncc(C(C)N3CCCC(C)C3)s2)c1. The molecular weight excluding hydrogens is 342 g/mol. The highest BCUT2D eigenvalue weighted by Gasteiger charge is 2.24. The molecule has 0 radical (unpaired) electrons. The van der Waals surface area contributed by atoms with Gasteiger partial charge in [0.15, 0.2) is 0 Å². The third kappa shape index (κ3) is 4.36. The molecule has 25 heavy (non-hydrogen) atoms. The van der Waals surface area contributed by atoms with Gasteiger partial charge in [-0.15, -0.1) is 11.3 Å². The molecule has 0 saturated carbocycles. The second kappa shape index (κ2) is 7.79. The van der Waals surface area contributed by atoms with Gasteiger partial charge in [0.2, 0.25) is 0 Å². The minimum absolute atomic E-state index is 0.181. The van der Waals surface area contributed by atoms with E-state index in [1.807, 2.05) is 19.2 Å². The lowest BCUT2D eigenvalue weighted by molar-refractivity contribution is -0.0494. The van der Waals surface area contributed by atoms with E-state index in [0.29, 0.717) is 17.5 Å². The number of ether oxygens (including phenoxy) is 1. The summed E-state index contributed by atoms with van der Waals surface area (Å²) in [7, 11) is 0. The summed E-state index contributed by atoms with van der Waals surface area (Å²) < 4.78 is 30.0. The zero-order valence-corrected chi connectivity index (χ0v) is 15.7. The maximum Gasteiger partial charge on any atom is 0.387 e. The van der Waals surface area contributed by atoms with Crippen molar-refractivity contribution in [3.63, 3.8) is 0 Å². The summed E-state index contributed by atoms with van der Waals surface area (Å²) in [5, 5.41) is 0.728. The molecule has 2 heterocycles. The first kappa shape index (κ1) is 18.3. The lowest BCUT2D eigenvalue weighted by Crippen LogP contribution is -2.35. The number of rotatable bonds is 5. The van der Waals surface area contributed by atoms with Gasteiger partial charge in [-0.3, -0.25) is 4.90 Å². The predicted octanol–water partition coefficient (Wildman–Crippen LogP) is 5.51. The Morgan fingerprint density at radius 1 is 1.36 bits per heavy atom. The molecular formula is C19H24F2N2OS. The summed E-state index contributed by atoms with van der Waals surface area (Å²) in [4.78, 5) is 8.14. The zero-order valence-electron chi connectivity index (χ0n) is 14.8. The molecule has 1 fully saturated rings. The third-order valence-corrected chi connectivity index (χ3v) is 5.95. The molecule has 2 atom stereocenters. The van der Waals surface area contributed by atoms with Gasteiger partial charge in [0, 0.05) is 23.7 Å². The maximum absolute atomic E-state index is 12.7. The number of alkyl halides is 2. The first-order chi connectivity index (χ1) is 11.9. The van der Waals surface area contributed by atoms with E-state index in [-0.39, 0.29) is 5.75 Å². The van der Waals surface area contributed by atoms with Gasteiger partial charge in [0.1, 0.15) is 10.8 Å². The Morgan fingerprint density at radius 2 is 2.16 bits per heavy atom. The largest absolute Gasteiger partial charge is 0.434 e. The number of hydrogen-bond donors (Lipinski definition) is 0. The molecule has 2 aromatic rings. The van der Waals surface area contributed by atoms with Gasteiger partial charge in [-0.05, 0) is 51.3 Å². The number of aromatic nitrogens is 1. The second-order valence-electron chi connectivity index (χ2n) is 6.86. The first-order valence-corrected chi connectivity index (χ1v) is 9.51. The van der Waals surface area contributed by atoms with Gasteiger partial charge in [0.05, 0.1) is 5.56 Å². The van der Waals surface area contributed by atoms with Gasteiger partial charge in [-0.1, -0.05) is 18.6 Å². The van der Waals surface area contributed by atoms with E-state index in [2.05, 4.69) is 28.5 Å². The summed E-state index contributed by atoms with van der Waals surface area (Å²) in [6.07, 6.45) is 4.38. The molecule has 2 unspecified atom stereocenters. The van der Waals surface area contributed by atoms with Crippen LogP contribution in [0.1, 0.15) is 43.2 Å². The van der Waals surface area contributed by atoms with E-state index >= 15 is 0 Å². The highest BCUT2D eigenvalue weighted by atomic mass is 32.1. The molecule has 1 aliphatic rings. The molecule has 6 heteroatoms. The van der Waals surface area contributed by atoms with Crippen molar-refractivity contribution in [3.8, 4) is 16.3 Å². The average Bonchev–Trinajstić information content (AvgIpc) is 3.05.